The zero-order chi connectivity index (χ0) is 13.7. The Hall–Kier alpha value is -1.13. The largest absolute Gasteiger partial charge is 0.339 e. The molecule has 4 heteroatoms. The third-order valence-corrected chi connectivity index (χ3v) is 4.12. The van der Waals surface area contributed by atoms with Gasteiger partial charge in [-0.3, -0.25) is 4.79 Å². The van der Waals surface area contributed by atoms with Crippen molar-refractivity contribution in [2.45, 2.75) is 6.42 Å². The van der Waals surface area contributed by atoms with E-state index < -0.39 is 0 Å². The van der Waals surface area contributed by atoms with Crippen molar-refractivity contribution < 1.29 is 4.79 Å². The lowest BCUT2D eigenvalue weighted by atomic mass is 10.1. The zero-order valence-corrected chi connectivity index (χ0v) is 12.7. The molecule has 0 saturated carbocycles. The van der Waals surface area contributed by atoms with E-state index in [1.165, 1.54) is 0 Å². The van der Waals surface area contributed by atoms with Crippen molar-refractivity contribution in [1.82, 2.24) is 10.2 Å². The third-order valence-electron chi connectivity index (χ3n) is 3.40. The van der Waals surface area contributed by atoms with Crippen molar-refractivity contribution in [3.8, 4) is 0 Å². The van der Waals surface area contributed by atoms with Gasteiger partial charge >= 0.3 is 0 Å². The highest BCUT2D eigenvalue weighted by Gasteiger charge is 2.24. The highest BCUT2D eigenvalue weighted by molar-refractivity contribution is 9.10. The van der Waals surface area contributed by atoms with Gasteiger partial charge in [0.2, 0.25) is 5.91 Å². The van der Waals surface area contributed by atoms with Crippen molar-refractivity contribution in [2.24, 2.45) is 5.92 Å². The molecule has 1 saturated heterocycles. The summed E-state index contributed by atoms with van der Waals surface area (Å²) in [6, 6.07) is 7.89. The number of rotatable bonds is 4. The molecule has 1 aromatic rings. The molecule has 0 radical (unpaired) electrons. The van der Waals surface area contributed by atoms with Crippen molar-refractivity contribution in [2.75, 3.05) is 26.7 Å². The number of carbonyl (C=O) groups excluding carboxylic acids is 1. The van der Waals surface area contributed by atoms with Crippen LogP contribution in [-0.2, 0) is 4.79 Å². The topological polar surface area (TPSA) is 32.3 Å². The van der Waals surface area contributed by atoms with E-state index >= 15 is 0 Å². The highest BCUT2D eigenvalue weighted by Crippen LogP contribution is 2.19. The Balaban J connectivity index is 1.93. The summed E-state index contributed by atoms with van der Waals surface area (Å²) >= 11 is 3.48. The van der Waals surface area contributed by atoms with Gasteiger partial charge in [0.05, 0.1) is 0 Å². The van der Waals surface area contributed by atoms with Gasteiger partial charge in [-0.2, -0.15) is 0 Å². The van der Waals surface area contributed by atoms with Crippen molar-refractivity contribution >= 4 is 27.9 Å². The van der Waals surface area contributed by atoms with Crippen LogP contribution in [0.2, 0.25) is 0 Å². The predicted molar refractivity (Wildman–Crippen MR) is 81.8 cm³/mol. The minimum atomic E-state index is 0.106. The van der Waals surface area contributed by atoms with Crippen LogP contribution in [0.3, 0.4) is 0 Å². The number of hydrogen-bond acceptors (Lipinski definition) is 2. The molecule has 1 aliphatic rings. The number of likely N-dealkylation sites (tertiary alicyclic amines) is 1. The van der Waals surface area contributed by atoms with Gasteiger partial charge in [-0.1, -0.05) is 34.1 Å². The number of halogens is 1. The molecule has 0 aliphatic carbocycles. The Bertz CT molecular complexity index is 473. The van der Waals surface area contributed by atoms with E-state index in [9.17, 15) is 4.79 Å². The van der Waals surface area contributed by atoms with Crippen molar-refractivity contribution in [3.05, 3.63) is 40.4 Å². The molecule has 1 atom stereocenters. The summed E-state index contributed by atoms with van der Waals surface area (Å²) in [5, 5.41) is 3.17. The summed E-state index contributed by atoms with van der Waals surface area (Å²) in [5.74, 6) is 0.695. The summed E-state index contributed by atoms with van der Waals surface area (Å²) < 4.78 is 1.01. The van der Waals surface area contributed by atoms with Crippen LogP contribution >= 0.6 is 15.9 Å². The smallest absolute Gasteiger partial charge is 0.246 e. The van der Waals surface area contributed by atoms with Gasteiger partial charge in [0, 0.05) is 23.6 Å². The van der Waals surface area contributed by atoms with Crippen LogP contribution in [0.1, 0.15) is 12.0 Å². The zero-order valence-electron chi connectivity index (χ0n) is 11.1. The monoisotopic (exact) mass is 322 g/mol. The molecule has 1 aromatic carbocycles. The van der Waals surface area contributed by atoms with Gasteiger partial charge in [-0.25, -0.2) is 0 Å². The number of benzene rings is 1. The average molecular weight is 323 g/mol. The van der Waals surface area contributed by atoms with Gasteiger partial charge < -0.3 is 10.2 Å². The van der Waals surface area contributed by atoms with Crippen LogP contribution in [0.5, 0.6) is 0 Å². The molecule has 1 amide bonds. The van der Waals surface area contributed by atoms with E-state index in [2.05, 4.69) is 21.2 Å². The van der Waals surface area contributed by atoms with E-state index in [0.717, 1.165) is 36.1 Å². The molecule has 1 aliphatic heterocycles. The molecule has 1 heterocycles. The molecule has 3 nitrogen and oxygen atoms in total. The van der Waals surface area contributed by atoms with Crippen molar-refractivity contribution in [3.63, 3.8) is 0 Å². The number of hydrogen-bond donors (Lipinski definition) is 1. The second-order valence-corrected chi connectivity index (χ2v) is 5.71. The van der Waals surface area contributed by atoms with Gasteiger partial charge in [0.25, 0.3) is 0 Å². The minimum Gasteiger partial charge on any atom is -0.339 e. The van der Waals surface area contributed by atoms with Gasteiger partial charge in [0.15, 0.2) is 0 Å². The maximum absolute atomic E-state index is 12.1. The molecule has 19 heavy (non-hydrogen) atoms. The Morgan fingerprint density at radius 2 is 2.32 bits per heavy atom. The summed E-state index contributed by atoms with van der Waals surface area (Å²) in [6.45, 7) is 2.71. The summed E-state index contributed by atoms with van der Waals surface area (Å²) in [5.41, 5.74) is 1.03. The molecule has 1 N–H and O–H groups in total. The Labute approximate surface area is 122 Å². The van der Waals surface area contributed by atoms with Crippen LogP contribution < -0.4 is 5.32 Å². The van der Waals surface area contributed by atoms with Crippen LogP contribution in [0.25, 0.3) is 6.08 Å². The summed E-state index contributed by atoms with van der Waals surface area (Å²) in [4.78, 5) is 14.0. The SMILES string of the molecule is CNCC1CCN(C(=O)C=Cc2ccccc2Br)C1. The summed E-state index contributed by atoms with van der Waals surface area (Å²) in [7, 11) is 1.96. The Kier molecular flexibility index (Phi) is 5.16. The van der Waals surface area contributed by atoms with Gasteiger partial charge in [-0.15, -0.1) is 0 Å². The maximum Gasteiger partial charge on any atom is 0.246 e. The fraction of sp³-hybridized carbons (Fsp3) is 0.400. The second-order valence-electron chi connectivity index (χ2n) is 4.85. The molecule has 0 aromatic heterocycles. The lowest BCUT2D eigenvalue weighted by Crippen LogP contribution is -2.28. The van der Waals surface area contributed by atoms with E-state index in [1.807, 2.05) is 42.3 Å². The van der Waals surface area contributed by atoms with Gasteiger partial charge in [-0.05, 0) is 43.6 Å². The molecule has 0 spiro atoms. The molecular formula is C15H19BrN2O. The molecular weight excluding hydrogens is 304 g/mol. The Morgan fingerprint density at radius 1 is 1.53 bits per heavy atom. The van der Waals surface area contributed by atoms with Crippen LogP contribution in [-0.4, -0.2) is 37.5 Å². The number of nitrogens with one attached hydrogen (secondary N) is 1. The first kappa shape index (κ1) is 14.3. The van der Waals surface area contributed by atoms with Gasteiger partial charge in [0.1, 0.15) is 0 Å². The van der Waals surface area contributed by atoms with Crippen LogP contribution in [0, 0.1) is 5.92 Å². The molecule has 0 bridgehead atoms. The second kappa shape index (κ2) is 6.87. The van der Waals surface area contributed by atoms with Crippen molar-refractivity contribution in [1.29, 1.82) is 0 Å². The minimum absolute atomic E-state index is 0.106. The number of nitrogens with zero attached hydrogens (tertiary/aromatic N) is 1. The van der Waals surface area contributed by atoms with E-state index in [-0.39, 0.29) is 5.91 Å². The van der Waals surface area contributed by atoms with E-state index in [0.29, 0.717) is 5.92 Å². The highest BCUT2D eigenvalue weighted by atomic mass is 79.9. The third kappa shape index (κ3) is 3.91. The molecule has 1 unspecified atom stereocenters. The number of amides is 1. The number of carbonyl (C=O) groups is 1. The molecule has 102 valence electrons. The fourth-order valence-corrected chi connectivity index (χ4v) is 2.78. The van der Waals surface area contributed by atoms with E-state index in [1.54, 1.807) is 6.08 Å². The lowest BCUT2D eigenvalue weighted by molar-refractivity contribution is -0.125. The fourth-order valence-electron chi connectivity index (χ4n) is 2.36. The molecule has 2 rings (SSSR count). The standard InChI is InChI=1S/C15H19BrN2O/c1-17-10-12-8-9-18(11-12)15(19)7-6-13-4-2-3-5-14(13)16/h2-7,12,17H,8-11H2,1H3. The van der Waals surface area contributed by atoms with E-state index in [4.69, 9.17) is 0 Å². The lowest BCUT2D eigenvalue weighted by Gasteiger charge is -2.14. The Morgan fingerprint density at radius 3 is 3.05 bits per heavy atom. The predicted octanol–water partition coefficient (Wildman–Crippen LogP) is 2.53. The first-order chi connectivity index (χ1) is 9.20. The maximum atomic E-state index is 12.1. The van der Waals surface area contributed by atoms with Crippen LogP contribution in [0.15, 0.2) is 34.8 Å². The normalized spacial score (nSPS) is 19.3. The average Bonchev–Trinajstić information content (AvgIpc) is 2.87. The summed E-state index contributed by atoms with van der Waals surface area (Å²) in [6.07, 6.45) is 4.63. The molecule has 1 fully saturated rings. The first-order valence-electron chi connectivity index (χ1n) is 6.57. The van der Waals surface area contributed by atoms with Crippen LogP contribution in [0.4, 0.5) is 0 Å². The quantitative estimate of drug-likeness (QED) is 0.864. The first-order valence-corrected chi connectivity index (χ1v) is 7.36.